The molecule has 3 amide bonds. The van der Waals surface area contributed by atoms with Crippen molar-refractivity contribution in [2.45, 2.75) is 103 Å². The first-order valence-electron chi connectivity index (χ1n) is 20.7. The number of aromatic amines is 2. The van der Waals surface area contributed by atoms with E-state index in [9.17, 15) is 14.4 Å². The van der Waals surface area contributed by atoms with E-state index < -0.39 is 17.7 Å². The van der Waals surface area contributed by atoms with Crippen LogP contribution in [0.3, 0.4) is 0 Å². The van der Waals surface area contributed by atoms with Gasteiger partial charge in [-0.3, -0.25) is 9.69 Å². The van der Waals surface area contributed by atoms with E-state index in [2.05, 4.69) is 75.9 Å². The number of carbonyl (C=O) groups is 3. The molecule has 2 aliphatic heterocycles. The highest BCUT2D eigenvalue weighted by Gasteiger charge is 2.55. The highest BCUT2D eigenvalue weighted by molar-refractivity contribution is 5.91. The van der Waals surface area contributed by atoms with Crippen LogP contribution in [0.1, 0.15) is 96.9 Å². The van der Waals surface area contributed by atoms with E-state index in [1.807, 2.05) is 56.8 Å². The summed E-state index contributed by atoms with van der Waals surface area (Å²) in [5.41, 5.74) is 5.70. The predicted octanol–water partition coefficient (Wildman–Crippen LogP) is 9.18. The Kier molecular flexibility index (Phi) is 9.36. The third-order valence-electron chi connectivity index (χ3n) is 12.8. The Labute approximate surface area is 339 Å². The third-order valence-corrected chi connectivity index (χ3v) is 12.8. The van der Waals surface area contributed by atoms with Gasteiger partial charge in [-0.2, -0.15) is 0 Å². The Bertz CT molecular complexity index is 2370. The Morgan fingerprint density at radius 1 is 0.845 bits per heavy atom. The molecule has 58 heavy (non-hydrogen) atoms. The van der Waals surface area contributed by atoms with Crippen LogP contribution < -0.4 is 5.32 Å². The van der Waals surface area contributed by atoms with E-state index in [-0.39, 0.29) is 41.5 Å². The zero-order chi connectivity index (χ0) is 40.5. The number of nitrogens with one attached hydrogen (secondary N) is 3. The first kappa shape index (κ1) is 37.9. The highest BCUT2D eigenvalue weighted by Crippen LogP contribution is 2.58. The van der Waals surface area contributed by atoms with Crippen LogP contribution in [0, 0.1) is 17.3 Å². The van der Waals surface area contributed by atoms with E-state index in [0.29, 0.717) is 12.5 Å². The molecule has 4 heterocycles. The minimum absolute atomic E-state index is 0.0961. The van der Waals surface area contributed by atoms with Crippen LogP contribution in [0.5, 0.6) is 0 Å². The fourth-order valence-electron chi connectivity index (χ4n) is 9.59. The lowest BCUT2D eigenvalue weighted by molar-refractivity contribution is -0.135. The maximum Gasteiger partial charge on any atom is 0.411 e. The number of rotatable bonds is 8. The van der Waals surface area contributed by atoms with Crippen LogP contribution in [-0.4, -0.2) is 79.2 Å². The summed E-state index contributed by atoms with van der Waals surface area (Å²) in [5.74, 6) is 1.78. The molecule has 5 unspecified atom stereocenters. The number of hydrogen-bond donors (Lipinski definition) is 3. The number of benzene rings is 3. The summed E-state index contributed by atoms with van der Waals surface area (Å²) in [7, 11) is 1.31. The molecule has 2 saturated heterocycles. The van der Waals surface area contributed by atoms with Gasteiger partial charge in [-0.25, -0.2) is 19.6 Å². The van der Waals surface area contributed by atoms with Crippen LogP contribution in [-0.2, 0) is 14.3 Å². The Balaban J connectivity index is 0.897. The molecule has 2 bridgehead atoms. The number of carbonyl (C=O) groups excluding carboxylic acids is 3. The van der Waals surface area contributed by atoms with Crippen LogP contribution in [0.4, 0.5) is 9.59 Å². The lowest BCUT2D eigenvalue weighted by atomic mass is 9.98. The fraction of sp³-hybridized carbons (Fsp3) is 0.457. The number of H-pyrrole nitrogens is 2. The molecule has 12 heteroatoms. The number of piperidine rings is 1. The maximum atomic E-state index is 13.9. The number of imidazole rings is 2. The Morgan fingerprint density at radius 3 is 2.14 bits per heavy atom. The Morgan fingerprint density at radius 2 is 1.47 bits per heavy atom. The van der Waals surface area contributed by atoms with E-state index in [0.717, 1.165) is 94.6 Å². The van der Waals surface area contributed by atoms with Gasteiger partial charge >= 0.3 is 12.2 Å². The summed E-state index contributed by atoms with van der Waals surface area (Å²) in [6.45, 7) is 10.3. The molecule has 4 aliphatic rings. The molecular weight excluding hydrogens is 731 g/mol. The lowest BCUT2D eigenvalue weighted by Gasteiger charge is -2.35. The molecule has 4 fully saturated rings. The van der Waals surface area contributed by atoms with Gasteiger partial charge in [0.2, 0.25) is 5.91 Å². The van der Waals surface area contributed by atoms with E-state index in [1.165, 1.54) is 7.11 Å². The molecule has 12 nitrogen and oxygen atoms in total. The van der Waals surface area contributed by atoms with Gasteiger partial charge in [-0.05, 0) is 116 Å². The standard InChI is InChI=1S/C46H53N7O5/c1-26(2)38(51-43(55)57-6)42(54)52-25-46(17-18-46)22-37(52)40-47-24-36(49-40)32-14-13-30-19-29(11-12-31(30)20-32)27-7-9-28(10-8-27)35-23-48-41(50-35)39-33-15-16-34(21-33)53(39)44(56)58-45(3,4)5/h7-14,19-20,23-24,26,33-34,37-39H,15-18,21-22,25H2,1-6H3,(H,47,49)(H,48,50)(H,51,55). The fourth-order valence-corrected chi connectivity index (χ4v) is 9.59. The molecule has 5 atom stereocenters. The first-order chi connectivity index (χ1) is 27.8. The monoisotopic (exact) mass is 783 g/mol. The number of nitrogens with zero attached hydrogens (tertiary/aromatic N) is 4. The van der Waals surface area contributed by atoms with Gasteiger partial charge in [0.1, 0.15) is 23.3 Å². The summed E-state index contributed by atoms with van der Waals surface area (Å²) in [4.78, 5) is 59.8. The van der Waals surface area contributed by atoms with E-state index in [1.54, 1.807) is 0 Å². The van der Waals surface area contributed by atoms with Crippen molar-refractivity contribution in [2.75, 3.05) is 13.7 Å². The smallest absolute Gasteiger partial charge is 0.411 e. The van der Waals surface area contributed by atoms with E-state index in [4.69, 9.17) is 19.4 Å². The summed E-state index contributed by atoms with van der Waals surface area (Å²) in [5, 5.41) is 5.00. The van der Waals surface area contributed by atoms with Crippen LogP contribution in [0.2, 0.25) is 0 Å². The Hall–Kier alpha value is -5.65. The van der Waals surface area contributed by atoms with Crippen molar-refractivity contribution in [1.82, 2.24) is 35.1 Å². The third kappa shape index (κ3) is 7.11. The summed E-state index contributed by atoms with van der Waals surface area (Å²) >= 11 is 0. The van der Waals surface area contributed by atoms with E-state index >= 15 is 0 Å². The zero-order valence-electron chi connectivity index (χ0n) is 34.2. The van der Waals surface area contributed by atoms with Crippen LogP contribution >= 0.6 is 0 Å². The number of alkyl carbamates (subject to hydrolysis) is 1. The molecule has 2 aromatic heterocycles. The average molecular weight is 784 g/mol. The molecule has 3 N–H and O–H groups in total. The van der Waals surface area contributed by atoms with Crippen molar-refractivity contribution in [3.8, 4) is 33.6 Å². The SMILES string of the molecule is COC(=O)NC(C(=O)N1CC2(CC2)CC1c1ncc(-c2ccc3cc(-c4ccc(-c5cnc(C6C7CCC(C7)N6C(=O)OC(C)(C)C)[nH]5)cc4)ccc3c2)[nH]1)C(C)C. The molecule has 0 radical (unpaired) electrons. The summed E-state index contributed by atoms with van der Waals surface area (Å²) in [6, 6.07) is 20.7. The van der Waals surface area contributed by atoms with Gasteiger partial charge in [0, 0.05) is 18.2 Å². The second-order valence-electron chi connectivity index (χ2n) is 18.3. The minimum atomic E-state index is -0.678. The van der Waals surface area contributed by atoms with Crippen molar-refractivity contribution in [1.29, 1.82) is 0 Å². The largest absolute Gasteiger partial charge is 0.453 e. The highest BCUT2D eigenvalue weighted by atomic mass is 16.6. The number of hydrogen-bond acceptors (Lipinski definition) is 7. The normalized spacial score (nSPS) is 22.5. The van der Waals surface area contributed by atoms with Gasteiger partial charge in [0.05, 0.1) is 43.0 Å². The van der Waals surface area contributed by atoms with Gasteiger partial charge < -0.3 is 29.7 Å². The molecule has 2 saturated carbocycles. The molecular formula is C46H53N7O5. The minimum Gasteiger partial charge on any atom is -0.453 e. The lowest BCUT2D eigenvalue weighted by Crippen LogP contribution is -2.51. The topological polar surface area (TPSA) is 146 Å². The predicted molar refractivity (Wildman–Crippen MR) is 221 cm³/mol. The average Bonchev–Trinajstić information content (AvgIpc) is 3.83. The van der Waals surface area contributed by atoms with Gasteiger partial charge in [0.25, 0.3) is 0 Å². The molecule has 2 aliphatic carbocycles. The van der Waals surface area contributed by atoms with Crippen molar-refractivity contribution in [3.05, 3.63) is 84.7 Å². The number of ether oxygens (including phenoxy) is 2. The second-order valence-corrected chi connectivity index (χ2v) is 18.3. The van der Waals surface area contributed by atoms with Gasteiger partial charge in [0.15, 0.2) is 0 Å². The molecule has 5 aromatic rings. The molecule has 9 rings (SSSR count). The molecule has 1 spiro atoms. The van der Waals surface area contributed by atoms with Crippen molar-refractivity contribution in [3.63, 3.8) is 0 Å². The van der Waals surface area contributed by atoms with Crippen molar-refractivity contribution >= 4 is 28.9 Å². The molecule has 302 valence electrons. The number of methoxy groups -OCH3 is 1. The van der Waals surface area contributed by atoms with Crippen LogP contribution in [0.25, 0.3) is 44.4 Å². The first-order valence-corrected chi connectivity index (χ1v) is 20.7. The number of aromatic nitrogens is 4. The van der Waals surface area contributed by atoms with Gasteiger partial charge in [-0.1, -0.05) is 62.4 Å². The quantitative estimate of drug-likeness (QED) is 0.142. The van der Waals surface area contributed by atoms with Crippen molar-refractivity contribution in [2.24, 2.45) is 17.3 Å². The van der Waals surface area contributed by atoms with Crippen LogP contribution in [0.15, 0.2) is 73.1 Å². The second kappa shape index (κ2) is 14.3. The number of fused-ring (bicyclic) bond motifs is 3. The zero-order valence-corrected chi connectivity index (χ0v) is 34.2. The van der Waals surface area contributed by atoms with Gasteiger partial charge in [-0.15, -0.1) is 0 Å². The number of likely N-dealkylation sites (tertiary alicyclic amines) is 2. The maximum absolute atomic E-state index is 13.9. The number of amides is 3. The summed E-state index contributed by atoms with van der Waals surface area (Å²) < 4.78 is 10.6. The summed E-state index contributed by atoms with van der Waals surface area (Å²) in [6.07, 6.45) is 9.02. The molecule has 3 aromatic carbocycles. The van der Waals surface area contributed by atoms with Crippen molar-refractivity contribution < 1.29 is 23.9 Å².